The second-order valence-corrected chi connectivity index (χ2v) is 7.95. The van der Waals surface area contributed by atoms with Gasteiger partial charge < -0.3 is 14.8 Å². The Labute approximate surface area is 178 Å². The van der Waals surface area contributed by atoms with Crippen LogP contribution in [0.5, 0.6) is 0 Å². The number of aromatic nitrogens is 2. The van der Waals surface area contributed by atoms with Crippen LogP contribution < -0.4 is 5.32 Å². The summed E-state index contributed by atoms with van der Waals surface area (Å²) in [5.74, 6) is 0.348. The average Bonchev–Trinajstić information content (AvgIpc) is 2.67. The van der Waals surface area contributed by atoms with Gasteiger partial charge in [0.05, 0.1) is 18.6 Å². The minimum atomic E-state index is -1.13. The lowest BCUT2D eigenvalue weighted by atomic mass is 10.00. The summed E-state index contributed by atoms with van der Waals surface area (Å²) in [6.45, 7) is 9.68. The molecular formula is C23H31N3O4. The number of carbonyl (C=O) groups excluding carboxylic acids is 2. The highest BCUT2D eigenvalue weighted by Gasteiger charge is 2.27. The highest BCUT2D eigenvalue weighted by Crippen LogP contribution is 2.16. The van der Waals surface area contributed by atoms with Gasteiger partial charge in [0.25, 0.3) is 0 Å². The minimum Gasteiger partial charge on any atom is -0.460 e. The minimum absolute atomic E-state index is 0.0398. The summed E-state index contributed by atoms with van der Waals surface area (Å²) in [5.41, 5.74) is 2.20. The van der Waals surface area contributed by atoms with Crippen LogP contribution in [0.2, 0.25) is 0 Å². The number of nitrogens with one attached hydrogen (secondary N) is 1. The molecule has 0 saturated carbocycles. The fourth-order valence-corrected chi connectivity index (χ4v) is 2.92. The fourth-order valence-electron chi connectivity index (χ4n) is 2.92. The van der Waals surface area contributed by atoms with Crippen molar-refractivity contribution in [3.63, 3.8) is 0 Å². The molecule has 0 saturated heterocycles. The van der Waals surface area contributed by atoms with Gasteiger partial charge in [0, 0.05) is 12.4 Å². The van der Waals surface area contributed by atoms with Gasteiger partial charge in [-0.25, -0.2) is 19.6 Å². The van der Waals surface area contributed by atoms with E-state index in [-0.39, 0.29) is 18.6 Å². The van der Waals surface area contributed by atoms with Crippen molar-refractivity contribution in [2.45, 2.75) is 65.7 Å². The van der Waals surface area contributed by atoms with Gasteiger partial charge >= 0.3 is 12.1 Å². The first-order valence-corrected chi connectivity index (χ1v) is 10.3. The third-order valence-corrected chi connectivity index (χ3v) is 4.31. The Morgan fingerprint density at radius 1 is 0.933 bits per heavy atom. The summed E-state index contributed by atoms with van der Waals surface area (Å²) >= 11 is 0. The van der Waals surface area contributed by atoms with Gasteiger partial charge in [-0.3, -0.25) is 0 Å². The van der Waals surface area contributed by atoms with Crippen molar-refractivity contribution in [2.24, 2.45) is 5.92 Å². The molecule has 7 nitrogen and oxygen atoms in total. The van der Waals surface area contributed by atoms with Crippen molar-refractivity contribution in [3.05, 3.63) is 59.7 Å². The topological polar surface area (TPSA) is 90.4 Å². The van der Waals surface area contributed by atoms with E-state index in [1.807, 2.05) is 19.1 Å². The summed E-state index contributed by atoms with van der Waals surface area (Å²) in [4.78, 5) is 33.0. The third-order valence-electron chi connectivity index (χ3n) is 4.31. The Bertz CT molecular complexity index is 807. The lowest BCUT2D eigenvalue weighted by molar-refractivity contribution is -0.157. The predicted octanol–water partition coefficient (Wildman–Crippen LogP) is 4.03. The van der Waals surface area contributed by atoms with E-state index in [9.17, 15) is 9.59 Å². The molecule has 1 aromatic carbocycles. The molecule has 7 heteroatoms. The summed E-state index contributed by atoms with van der Waals surface area (Å²) < 4.78 is 10.6. The first-order valence-electron chi connectivity index (χ1n) is 10.3. The van der Waals surface area contributed by atoms with Crippen LogP contribution in [-0.2, 0) is 27.1 Å². The van der Waals surface area contributed by atoms with E-state index in [1.54, 1.807) is 32.3 Å². The van der Waals surface area contributed by atoms with Gasteiger partial charge in [-0.2, -0.15) is 0 Å². The molecule has 2 atom stereocenters. The number of amides is 1. The van der Waals surface area contributed by atoms with E-state index in [0.29, 0.717) is 11.7 Å². The number of benzene rings is 1. The van der Waals surface area contributed by atoms with Crippen LogP contribution in [-0.4, -0.2) is 34.2 Å². The van der Waals surface area contributed by atoms with Crippen LogP contribution in [0.4, 0.5) is 4.79 Å². The van der Waals surface area contributed by atoms with Gasteiger partial charge in [0.15, 0.2) is 0 Å². The lowest BCUT2D eigenvalue weighted by Gasteiger charge is -2.20. The van der Waals surface area contributed by atoms with Gasteiger partial charge in [-0.15, -0.1) is 0 Å². The number of nitrogens with zero attached hydrogens (tertiary/aromatic N) is 2. The van der Waals surface area contributed by atoms with E-state index in [0.717, 1.165) is 12.0 Å². The average molecular weight is 414 g/mol. The van der Waals surface area contributed by atoms with E-state index in [4.69, 9.17) is 9.47 Å². The zero-order valence-electron chi connectivity index (χ0n) is 18.3. The van der Waals surface area contributed by atoms with Crippen LogP contribution in [0.25, 0.3) is 0 Å². The van der Waals surface area contributed by atoms with Crippen molar-refractivity contribution in [2.75, 3.05) is 0 Å². The van der Waals surface area contributed by atoms with Gasteiger partial charge in [-0.1, -0.05) is 38.1 Å². The molecule has 0 bridgehead atoms. The molecule has 30 heavy (non-hydrogen) atoms. The second kappa shape index (κ2) is 11.3. The van der Waals surface area contributed by atoms with Gasteiger partial charge in [0.1, 0.15) is 5.82 Å². The van der Waals surface area contributed by atoms with E-state index in [2.05, 4.69) is 41.3 Å². The molecule has 1 unspecified atom stereocenters. The third kappa shape index (κ3) is 7.81. The maximum Gasteiger partial charge on any atom is 0.408 e. The highest BCUT2D eigenvalue weighted by molar-refractivity contribution is 5.79. The SMILES string of the molecule is CC(C)Cc1ccc([C@H](C)NC(=O)OC(Cc2ncccn2)C(=O)OC(C)C)cc1. The number of hydrogen-bond acceptors (Lipinski definition) is 6. The second-order valence-electron chi connectivity index (χ2n) is 7.95. The smallest absolute Gasteiger partial charge is 0.408 e. The van der Waals surface area contributed by atoms with Gasteiger partial charge in [0.2, 0.25) is 6.10 Å². The number of rotatable bonds is 9. The van der Waals surface area contributed by atoms with Crippen LogP contribution in [0.3, 0.4) is 0 Å². The molecule has 0 spiro atoms. The Morgan fingerprint density at radius 2 is 1.57 bits per heavy atom. The van der Waals surface area contributed by atoms with E-state index in [1.165, 1.54) is 5.56 Å². The normalized spacial score (nSPS) is 13.0. The van der Waals surface area contributed by atoms with Crippen LogP contribution in [0.15, 0.2) is 42.7 Å². The van der Waals surface area contributed by atoms with Gasteiger partial charge in [-0.05, 0) is 50.3 Å². The number of hydrogen-bond donors (Lipinski definition) is 1. The maximum atomic E-state index is 12.4. The highest BCUT2D eigenvalue weighted by atomic mass is 16.6. The molecule has 1 N–H and O–H groups in total. The molecule has 162 valence electrons. The van der Waals surface area contributed by atoms with Crippen molar-refractivity contribution in [1.82, 2.24) is 15.3 Å². The van der Waals surface area contributed by atoms with Crippen LogP contribution in [0, 0.1) is 5.92 Å². The Morgan fingerprint density at radius 3 is 2.13 bits per heavy atom. The largest absolute Gasteiger partial charge is 0.460 e. The van der Waals surface area contributed by atoms with Crippen LogP contribution >= 0.6 is 0 Å². The number of alkyl carbamates (subject to hydrolysis) is 1. The summed E-state index contributed by atoms with van der Waals surface area (Å²) in [6.07, 6.45) is 2.03. The molecule has 0 radical (unpaired) electrons. The van der Waals surface area contributed by atoms with Crippen LogP contribution in [0.1, 0.15) is 57.6 Å². The molecule has 1 amide bonds. The Hall–Kier alpha value is -2.96. The molecule has 0 aliphatic rings. The summed E-state index contributed by atoms with van der Waals surface area (Å²) in [7, 11) is 0. The lowest BCUT2D eigenvalue weighted by Crippen LogP contribution is -2.38. The van der Waals surface area contributed by atoms with E-state index >= 15 is 0 Å². The predicted molar refractivity (Wildman–Crippen MR) is 114 cm³/mol. The zero-order valence-corrected chi connectivity index (χ0v) is 18.3. The first kappa shape index (κ1) is 23.3. The number of esters is 1. The summed E-state index contributed by atoms with van der Waals surface area (Å²) in [5, 5.41) is 2.77. The quantitative estimate of drug-likeness (QED) is 0.624. The fraction of sp³-hybridized carbons (Fsp3) is 0.478. The van der Waals surface area contributed by atoms with Crippen molar-refractivity contribution >= 4 is 12.1 Å². The Kier molecular flexibility index (Phi) is 8.77. The van der Waals surface area contributed by atoms with Crippen molar-refractivity contribution < 1.29 is 19.1 Å². The van der Waals surface area contributed by atoms with Crippen molar-refractivity contribution in [3.8, 4) is 0 Å². The molecule has 2 aromatic rings. The van der Waals surface area contributed by atoms with Crippen molar-refractivity contribution in [1.29, 1.82) is 0 Å². The molecular weight excluding hydrogens is 382 g/mol. The standard InChI is InChI=1S/C23H31N3O4/c1-15(2)13-18-7-9-19(10-8-18)17(5)26-23(28)30-20(22(27)29-16(3)4)14-21-24-11-6-12-25-21/h6-12,15-17,20H,13-14H2,1-5H3,(H,26,28)/t17-,20?/m0/s1. The molecule has 0 aliphatic heterocycles. The molecule has 1 heterocycles. The molecule has 0 aliphatic carbocycles. The molecule has 0 fully saturated rings. The van der Waals surface area contributed by atoms with E-state index < -0.39 is 18.2 Å². The Balaban J connectivity index is 2.00. The zero-order chi connectivity index (χ0) is 22.1. The maximum absolute atomic E-state index is 12.4. The first-order chi connectivity index (χ1) is 14.2. The monoisotopic (exact) mass is 413 g/mol. The molecule has 2 rings (SSSR count). The summed E-state index contributed by atoms with van der Waals surface area (Å²) in [6, 6.07) is 9.51. The number of carbonyl (C=O) groups is 2. The molecule has 1 aromatic heterocycles. The number of ether oxygens (including phenoxy) is 2.